The summed E-state index contributed by atoms with van der Waals surface area (Å²) in [7, 11) is -3.44. The van der Waals surface area contributed by atoms with Gasteiger partial charge in [-0.05, 0) is 45.6 Å². The molecule has 0 unspecified atom stereocenters. The van der Waals surface area contributed by atoms with Gasteiger partial charge in [0.1, 0.15) is 4.90 Å². The van der Waals surface area contributed by atoms with Gasteiger partial charge in [0.15, 0.2) is 0 Å². The van der Waals surface area contributed by atoms with Gasteiger partial charge < -0.3 is 5.73 Å². The lowest BCUT2D eigenvalue weighted by Gasteiger charge is -2.25. The number of aromatic nitrogens is 2. The highest BCUT2D eigenvalue weighted by Gasteiger charge is 2.33. The fraction of sp³-hybridized carbons (Fsp3) is 0.769. The van der Waals surface area contributed by atoms with Gasteiger partial charge in [-0.2, -0.15) is 9.40 Å². The number of hydrogen-bond donors (Lipinski definition) is 1. The minimum Gasteiger partial charge on any atom is -0.330 e. The van der Waals surface area contributed by atoms with E-state index in [-0.39, 0.29) is 10.9 Å². The zero-order valence-electron chi connectivity index (χ0n) is 12.2. The van der Waals surface area contributed by atoms with Crippen LogP contribution in [-0.2, 0) is 16.6 Å². The Morgan fingerprint density at radius 3 is 2.75 bits per heavy atom. The Morgan fingerprint density at radius 1 is 1.50 bits per heavy atom. The number of aryl methyl sites for hydroxylation is 1. The summed E-state index contributed by atoms with van der Waals surface area (Å²) in [6.45, 7) is 5.67. The van der Waals surface area contributed by atoms with E-state index >= 15 is 0 Å². The van der Waals surface area contributed by atoms with Crippen molar-refractivity contribution >= 4 is 10.0 Å². The summed E-state index contributed by atoms with van der Waals surface area (Å²) in [5.74, 6) is 0.527. The SMILES string of the molecule is CC(C)N(CC1CC1)S(=O)(=O)c1cnn(CCCN)c1. The van der Waals surface area contributed by atoms with E-state index in [4.69, 9.17) is 5.73 Å². The Labute approximate surface area is 121 Å². The predicted octanol–water partition coefficient (Wildman–Crippen LogP) is 1.04. The van der Waals surface area contributed by atoms with E-state index in [0.717, 1.165) is 19.3 Å². The zero-order valence-corrected chi connectivity index (χ0v) is 13.0. The molecular formula is C13H24N4O2S. The molecule has 20 heavy (non-hydrogen) atoms. The van der Waals surface area contributed by atoms with Crippen LogP contribution in [0.1, 0.15) is 33.1 Å². The lowest BCUT2D eigenvalue weighted by molar-refractivity contribution is 0.341. The summed E-state index contributed by atoms with van der Waals surface area (Å²) in [6.07, 6.45) is 6.10. The van der Waals surface area contributed by atoms with Crippen LogP contribution in [0.25, 0.3) is 0 Å². The molecular weight excluding hydrogens is 276 g/mol. The molecule has 1 heterocycles. The van der Waals surface area contributed by atoms with Crippen molar-refractivity contribution in [1.82, 2.24) is 14.1 Å². The number of nitrogens with two attached hydrogens (primary N) is 1. The van der Waals surface area contributed by atoms with Crippen LogP contribution in [0.5, 0.6) is 0 Å². The van der Waals surface area contributed by atoms with Gasteiger partial charge >= 0.3 is 0 Å². The Kier molecular flexibility index (Phi) is 4.82. The minimum atomic E-state index is -3.44. The van der Waals surface area contributed by atoms with Gasteiger partial charge in [0.05, 0.1) is 6.20 Å². The Bertz CT molecular complexity index is 534. The molecule has 1 fully saturated rings. The van der Waals surface area contributed by atoms with Gasteiger partial charge in [-0.1, -0.05) is 0 Å². The molecule has 0 atom stereocenters. The smallest absolute Gasteiger partial charge is 0.246 e. The van der Waals surface area contributed by atoms with Crippen LogP contribution < -0.4 is 5.73 Å². The van der Waals surface area contributed by atoms with E-state index in [1.807, 2.05) is 13.8 Å². The molecule has 1 saturated carbocycles. The van der Waals surface area contributed by atoms with E-state index < -0.39 is 10.0 Å². The lowest BCUT2D eigenvalue weighted by Crippen LogP contribution is -2.38. The van der Waals surface area contributed by atoms with Crippen molar-refractivity contribution in [2.45, 2.75) is 50.6 Å². The van der Waals surface area contributed by atoms with Crippen molar-refractivity contribution in [2.24, 2.45) is 11.7 Å². The number of rotatable bonds is 8. The summed E-state index contributed by atoms with van der Waals surface area (Å²) in [4.78, 5) is 0.281. The van der Waals surface area contributed by atoms with Crippen LogP contribution in [0.15, 0.2) is 17.3 Å². The van der Waals surface area contributed by atoms with Crippen LogP contribution in [0, 0.1) is 5.92 Å². The second kappa shape index (κ2) is 6.24. The van der Waals surface area contributed by atoms with Crippen molar-refractivity contribution in [3.05, 3.63) is 12.4 Å². The molecule has 1 aliphatic rings. The quantitative estimate of drug-likeness (QED) is 0.778. The largest absolute Gasteiger partial charge is 0.330 e. The van der Waals surface area contributed by atoms with Gasteiger partial charge in [-0.25, -0.2) is 8.42 Å². The third kappa shape index (κ3) is 3.59. The maximum atomic E-state index is 12.7. The van der Waals surface area contributed by atoms with E-state index in [9.17, 15) is 8.42 Å². The van der Waals surface area contributed by atoms with Gasteiger partial charge in [0.2, 0.25) is 10.0 Å². The Morgan fingerprint density at radius 2 is 2.20 bits per heavy atom. The number of nitrogens with zero attached hydrogens (tertiary/aromatic N) is 3. The third-order valence-electron chi connectivity index (χ3n) is 3.52. The minimum absolute atomic E-state index is 0.0343. The van der Waals surface area contributed by atoms with Gasteiger partial charge in [-0.15, -0.1) is 0 Å². The first kappa shape index (κ1) is 15.5. The highest BCUT2D eigenvalue weighted by Crippen LogP contribution is 2.32. The van der Waals surface area contributed by atoms with Gasteiger partial charge in [0, 0.05) is 25.3 Å². The molecule has 1 aromatic heterocycles. The number of sulfonamides is 1. The fourth-order valence-electron chi connectivity index (χ4n) is 2.13. The van der Waals surface area contributed by atoms with Gasteiger partial charge in [-0.3, -0.25) is 4.68 Å². The summed E-state index contributed by atoms with van der Waals surface area (Å²) in [6, 6.07) is -0.0343. The first-order valence-electron chi connectivity index (χ1n) is 7.19. The van der Waals surface area contributed by atoms with Crippen LogP contribution in [0.2, 0.25) is 0 Å². The molecule has 0 spiro atoms. The fourth-order valence-corrected chi connectivity index (χ4v) is 3.80. The first-order chi connectivity index (χ1) is 9.45. The monoisotopic (exact) mass is 300 g/mol. The Hall–Kier alpha value is -0.920. The molecule has 0 saturated heterocycles. The molecule has 1 aliphatic carbocycles. The van der Waals surface area contributed by atoms with Crippen LogP contribution in [-0.4, -0.2) is 41.6 Å². The van der Waals surface area contributed by atoms with E-state index in [1.165, 1.54) is 6.20 Å². The van der Waals surface area contributed by atoms with Crippen molar-refractivity contribution in [3.8, 4) is 0 Å². The molecule has 0 aromatic carbocycles. The molecule has 0 amide bonds. The molecule has 0 bridgehead atoms. The second-order valence-electron chi connectivity index (χ2n) is 5.69. The third-order valence-corrected chi connectivity index (χ3v) is 5.51. The maximum absolute atomic E-state index is 12.7. The summed E-state index contributed by atoms with van der Waals surface area (Å²) >= 11 is 0. The van der Waals surface area contributed by atoms with E-state index in [2.05, 4.69) is 5.10 Å². The summed E-state index contributed by atoms with van der Waals surface area (Å²) in [5, 5.41) is 4.11. The molecule has 6 nitrogen and oxygen atoms in total. The average molecular weight is 300 g/mol. The Balaban J connectivity index is 2.16. The molecule has 0 radical (unpaired) electrons. The van der Waals surface area contributed by atoms with Crippen molar-refractivity contribution in [1.29, 1.82) is 0 Å². The first-order valence-corrected chi connectivity index (χ1v) is 8.63. The maximum Gasteiger partial charge on any atom is 0.246 e. The molecule has 0 aliphatic heterocycles. The summed E-state index contributed by atoms with van der Waals surface area (Å²) in [5.41, 5.74) is 5.45. The van der Waals surface area contributed by atoms with Crippen LogP contribution in [0.4, 0.5) is 0 Å². The van der Waals surface area contributed by atoms with E-state index in [0.29, 0.717) is 25.6 Å². The van der Waals surface area contributed by atoms with Crippen molar-refractivity contribution < 1.29 is 8.42 Å². The second-order valence-corrected chi connectivity index (χ2v) is 7.58. The van der Waals surface area contributed by atoms with Crippen molar-refractivity contribution in [3.63, 3.8) is 0 Å². The normalized spacial score (nSPS) is 16.2. The standard InChI is InChI=1S/C13H24N4O2S/c1-11(2)17(9-12-4-5-12)20(18,19)13-8-15-16(10-13)7-3-6-14/h8,10-12H,3-7,9,14H2,1-2H3. The highest BCUT2D eigenvalue weighted by atomic mass is 32.2. The molecule has 2 rings (SSSR count). The predicted molar refractivity (Wildman–Crippen MR) is 77.7 cm³/mol. The molecule has 114 valence electrons. The molecule has 1 aromatic rings. The zero-order chi connectivity index (χ0) is 14.8. The lowest BCUT2D eigenvalue weighted by atomic mass is 10.3. The molecule has 2 N–H and O–H groups in total. The average Bonchev–Trinajstić information content (AvgIpc) is 3.08. The topological polar surface area (TPSA) is 81.2 Å². The van der Waals surface area contributed by atoms with Crippen LogP contribution in [0.3, 0.4) is 0 Å². The highest BCUT2D eigenvalue weighted by molar-refractivity contribution is 7.89. The number of hydrogen-bond acceptors (Lipinski definition) is 4. The summed E-state index contributed by atoms with van der Waals surface area (Å²) < 4.78 is 28.6. The van der Waals surface area contributed by atoms with Crippen LogP contribution >= 0.6 is 0 Å². The van der Waals surface area contributed by atoms with E-state index in [1.54, 1.807) is 15.2 Å². The molecule has 7 heteroatoms. The van der Waals surface area contributed by atoms with Gasteiger partial charge in [0.25, 0.3) is 0 Å². The van der Waals surface area contributed by atoms with Crippen molar-refractivity contribution in [2.75, 3.05) is 13.1 Å².